The smallest absolute Gasteiger partial charge is 0.311 e. The predicted octanol–water partition coefficient (Wildman–Crippen LogP) is 0.367. The summed E-state index contributed by atoms with van der Waals surface area (Å²) in [6, 6.07) is 2.68. The molecule has 0 radical (unpaired) electrons. The van der Waals surface area contributed by atoms with Gasteiger partial charge in [0.2, 0.25) is 11.7 Å². The molecule has 0 atom stereocenters. The molecule has 5 N–H and O–H groups in total. The highest BCUT2D eigenvalue weighted by Gasteiger charge is 2.22. The van der Waals surface area contributed by atoms with E-state index in [0.717, 1.165) is 12.8 Å². The number of rotatable bonds is 8. The van der Waals surface area contributed by atoms with Crippen LogP contribution in [0.1, 0.15) is 19.8 Å². The van der Waals surface area contributed by atoms with E-state index in [1.807, 2.05) is 6.92 Å². The zero-order valence-electron chi connectivity index (χ0n) is 11.2. The molecule has 0 aliphatic rings. The van der Waals surface area contributed by atoms with Crippen LogP contribution in [0.5, 0.6) is 0 Å². The minimum atomic E-state index is -0.580. The van der Waals surface area contributed by atoms with Crippen LogP contribution < -0.4 is 21.9 Å². The molecule has 1 amide bonds. The van der Waals surface area contributed by atoms with Gasteiger partial charge in [-0.1, -0.05) is 13.3 Å². The molecule has 0 spiro atoms. The Bertz CT molecular complexity index is 493. The molecular weight excluding hydrogens is 264 g/mol. The van der Waals surface area contributed by atoms with E-state index in [9.17, 15) is 14.9 Å². The number of primary amides is 1. The maximum Gasteiger partial charge on any atom is 0.311 e. The molecule has 9 heteroatoms. The summed E-state index contributed by atoms with van der Waals surface area (Å²) in [5, 5.41) is 11.1. The summed E-state index contributed by atoms with van der Waals surface area (Å²) in [5.74, 6) is 5.03. The highest BCUT2D eigenvalue weighted by Crippen LogP contribution is 2.27. The van der Waals surface area contributed by atoms with Gasteiger partial charge in [0.15, 0.2) is 0 Å². The van der Waals surface area contributed by atoms with E-state index in [2.05, 4.69) is 10.4 Å². The molecule has 0 saturated carbocycles. The quantitative estimate of drug-likeness (QED) is 0.355. The average Bonchev–Trinajstić information content (AvgIpc) is 2.42. The van der Waals surface area contributed by atoms with Crippen molar-refractivity contribution >= 4 is 23.2 Å². The van der Waals surface area contributed by atoms with Crippen LogP contribution in [0.3, 0.4) is 0 Å². The zero-order chi connectivity index (χ0) is 15.1. The molecule has 0 aliphatic carbocycles. The number of anilines is 2. The summed E-state index contributed by atoms with van der Waals surface area (Å²) in [6.07, 6.45) is 1.63. The Kier molecular flexibility index (Phi) is 5.66. The van der Waals surface area contributed by atoms with E-state index in [-0.39, 0.29) is 23.9 Å². The highest BCUT2D eigenvalue weighted by atomic mass is 16.6. The van der Waals surface area contributed by atoms with Gasteiger partial charge in [0, 0.05) is 12.6 Å². The number of nitrogen functional groups attached to an aromatic ring is 1. The number of nitrogens with zero attached hydrogens (tertiary/aromatic N) is 3. The normalized spacial score (nSPS) is 10.1. The van der Waals surface area contributed by atoms with Crippen LogP contribution in [-0.2, 0) is 4.79 Å². The summed E-state index contributed by atoms with van der Waals surface area (Å²) in [7, 11) is 0. The van der Waals surface area contributed by atoms with Gasteiger partial charge in [-0.2, -0.15) is 0 Å². The maximum atomic E-state index is 11.1. The third kappa shape index (κ3) is 4.05. The molecule has 0 aliphatic heterocycles. The topological polar surface area (TPSA) is 140 Å². The molecule has 1 rings (SSSR count). The molecule has 0 unspecified atom stereocenters. The summed E-state index contributed by atoms with van der Waals surface area (Å²) in [4.78, 5) is 27.2. The summed E-state index contributed by atoms with van der Waals surface area (Å²) >= 11 is 0. The average molecular weight is 282 g/mol. The van der Waals surface area contributed by atoms with Crippen molar-refractivity contribution in [2.45, 2.75) is 19.8 Å². The van der Waals surface area contributed by atoms with Gasteiger partial charge in [-0.3, -0.25) is 14.9 Å². The highest BCUT2D eigenvalue weighted by molar-refractivity contribution is 5.80. The fourth-order valence-corrected chi connectivity index (χ4v) is 1.69. The monoisotopic (exact) mass is 282 g/mol. The summed E-state index contributed by atoms with van der Waals surface area (Å²) < 4.78 is 0. The van der Waals surface area contributed by atoms with Crippen molar-refractivity contribution in [3.8, 4) is 0 Å². The largest absolute Gasteiger partial charge is 0.368 e. The van der Waals surface area contributed by atoms with Crippen LogP contribution >= 0.6 is 0 Å². The van der Waals surface area contributed by atoms with E-state index in [1.165, 1.54) is 17.0 Å². The number of pyridine rings is 1. The van der Waals surface area contributed by atoms with Crippen molar-refractivity contribution in [2.24, 2.45) is 11.6 Å². The molecule has 0 aromatic carbocycles. The van der Waals surface area contributed by atoms with Crippen molar-refractivity contribution in [2.75, 3.05) is 23.4 Å². The van der Waals surface area contributed by atoms with Gasteiger partial charge >= 0.3 is 5.69 Å². The number of nitro groups is 1. The number of aromatic nitrogens is 1. The molecular formula is C11H18N6O3. The number of hydrogen-bond acceptors (Lipinski definition) is 7. The lowest BCUT2D eigenvalue weighted by Gasteiger charge is -2.22. The van der Waals surface area contributed by atoms with E-state index in [4.69, 9.17) is 11.6 Å². The van der Waals surface area contributed by atoms with Gasteiger partial charge in [0.1, 0.15) is 5.82 Å². The molecule has 1 heterocycles. The molecule has 0 saturated heterocycles. The molecule has 20 heavy (non-hydrogen) atoms. The molecule has 9 nitrogen and oxygen atoms in total. The first-order chi connectivity index (χ1) is 9.49. The third-order valence-corrected chi connectivity index (χ3v) is 2.63. The molecule has 1 aromatic rings. The third-order valence-electron chi connectivity index (χ3n) is 2.63. The van der Waals surface area contributed by atoms with Crippen LogP contribution in [-0.4, -0.2) is 28.9 Å². The number of hydrazine groups is 1. The van der Waals surface area contributed by atoms with Crippen molar-refractivity contribution < 1.29 is 9.72 Å². The Hall–Kier alpha value is -2.42. The zero-order valence-corrected chi connectivity index (χ0v) is 11.2. The first-order valence-electron chi connectivity index (χ1n) is 6.14. The van der Waals surface area contributed by atoms with Crippen molar-refractivity contribution in [1.29, 1.82) is 0 Å². The molecule has 1 aromatic heterocycles. The summed E-state index contributed by atoms with van der Waals surface area (Å²) in [5.41, 5.74) is 7.31. The van der Waals surface area contributed by atoms with Gasteiger partial charge in [-0.25, -0.2) is 10.8 Å². The van der Waals surface area contributed by atoms with Crippen LogP contribution in [0.15, 0.2) is 12.1 Å². The van der Waals surface area contributed by atoms with E-state index in [1.54, 1.807) is 0 Å². The Balaban J connectivity index is 3.19. The van der Waals surface area contributed by atoms with Gasteiger partial charge in [-0.05, 0) is 12.5 Å². The maximum absolute atomic E-state index is 11.1. The van der Waals surface area contributed by atoms with E-state index in [0.29, 0.717) is 6.54 Å². The van der Waals surface area contributed by atoms with E-state index >= 15 is 0 Å². The van der Waals surface area contributed by atoms with Gasteiger partial charge < -0.3 is 16.1 Å². The number of nitrogens with one attached hydrogen (secondary N) is 1. The number of hydrogen-bond donors (Lipinski definition) is 3. The second kappa shape index (κ2) is 7.24. The first kappa shape index (κ1) is 15.6. The number of carbonyl (C=O) groups is 1. The second-order valence-corrected chi connectivity index (χ2v) is 4.18. The Morgan fingerprint density at radius 2 is 2.25 bits per heavy atom. The second-order valence-electron chi connectivity index (χ2n) is 4.18. The molecule has 0 fully saturated rings. The van der Waals surface area contributed by atoms with Gasteiger partial charge in [-0.15, -0.1) is 0 Å². The lowest BCUT2D eigenvalue weighted by atomic mass is 10.2. The number of amides is 1. The predicted molar refractivity (Wildman–Crippen MR) is 75.0 cm³/mol. The van der Waals surface area contributed by atoms with Crippen molar-refractivity contribution in [3.05, 3.63) is 22.2 Å². The Labute approximate surface area is 116 Å². The minimum absolute atomic E-state index is 0.0812. The van der Waals surface area contributed by atoms with Crippen LogP contribution in [0.25, 0.3) is 0 Å². The summed E-state index contributed by atoms with van der Waals surface area (Å²) in [6.45, 7) is 2.28. The fraction of sp³-hybridized carbons (Fsp3) is 0.455. The van der Waals surface area contributed by atoms with Crippen LogP contribution in [0.4, 0.5) is 17.3 Å². The van der Waals surface area contributed by atoms with Crippen molar-refractivity contribution in [1.82, 2.24) is 4.98 Å². The lowest BCUT2D eigenvalue weighted by Crippen LogP contribution is -2.35. The number of unbranched alkanes of at least 4 members (excludes halogenated alkanes) is 1. The number of nitrogens with two attached hydrogens (primary N) is 2. The Morgan fingerprint density at radius 1 is 1.55 bits per heavy atom. The SMILES string of the molecule is CCCCN(CC(N)=O)c1nc(NN)ccc1[N+](=O)[O-]. The first-order valence-corrected chi connectivity index (χ1v) is 6.14. The molecule has 110 valence electrons. The van der Waals surface area contributed by atoms with Crippen LogP contribution in [0.2, 0.25) is 0 Å². The lowest BCUT2D eigenvalue weighted by molar-refractivity contribution is -0.384. The van der Waals surface area contributed by atoms with Gasteiger partial charge in [0.05, 0.1) is 11.5 Å². The van der Waals surface area contributed by atoms with Crippen molar-refractivity contribution in [3.63, 3.8) is 0 Å². The molecule has 0 bridgehead atoms. The fourth-order valence-electron chi connectivity index (χ4n) is 1.69. The van der Waals surface area contributed by atoms with Crippen LogP contribution in [0, 0.1) is 10.1 Å². The van der Waals surface area contributed by atoms with E-state index < -0.39 is 10.8 Å². The number of carbonyl (C=O) groups excluding carboxylic acids is 1. The minimum Gasteiger partial charge on any atom is -0.368 e. The van der Waals surface area contributed by atoms with Gasteiger partial charge in [0.25, 0.3) is 0 Å². The Morgan fingerprint density at radius 3 is 2.75 bits per heavy atom. The standard InChI is InChI=1S/C11H18N6O3/c1-2-3-6-16(7-9(12)18)11-8(17(19)20)4-5-10(14-11)15-13/h4-5H,2-3,6-7,13H2,1H3,(H2,12,18)(H,14,15).